The van der Waals surface area contributed by atoms with Crippen LogP contribution in [0.15, 0.2) is 30.6 Å². The van der Waals surface area contributed by atoms with Gasteiger partial charge in [0.05, 0.1) is 12.6 Å². The average molecular weight is 335 g/mol. The van der Waals surface area contributed by atoms with Gasteiger partial charge in [0.2, 0.25) is 0 Å². The molecule has 23 heavy (non-hydrogen) atoms. The molecule has 0 aliphatic rings. The van der Waals surface area contributed by atoms with E-state index in [1.165, 1.54) is 12.4 Å². The molecule has 0 aliphatic carbocycles. The maximum absolute atomic E-state index is 14.0. The Hall–Kier alpha value is -2.34. The van der Waals surface area contributed by atoms with Gasteiger partial charge in [0.15, 0.2) is 0 Å². The first-order valence-electron chi connectivity index (χ1n) is 7.14. The molecule has 0 fully saturated rings. The molecule has 0 saturated carbocycles. The number of ether oxygens (including phenoxy) is 1. The summed E-state index contributed by atoms with van der Waals surface area (Å²) in [5.41, 5.74) is 1.72. The molecule has 1 N–H and O–H groups in total. The summed E-state index contributed by atoms with van der Waals surface area (Å²) in [6.07, 6.45) is 1.40. The van der Waals surface area contributed by atoms with E-state index < -0.39 is 0 Å². The highest BCUT2D eigenvalue weighted by Gasteiger charge is 2.14. The van der Waals surface area contributed by atoms with Crippen molar-refractivity contribution < 1.29 is 9.13 Å². The highest BCUT2D eigenvalue weighted by Crippen LogP contribution is 2.30. The van der Waals surface area contributed by atoms with Crippen molar-refractivity contribution in [1.29, 1.82) is 0 Å². The topological polar surface area (TPSA) is 52.0 Å². The fourth-order valence-corrected chi connectivity index (χ4v) is 2.77. The van der Waals surface area contributed by atoms with E-state index in [0.29, 0.717) is 35.2 Å². The fraction of sp³-hybridized carbons (Fsp3) is 0.250. The molecule has 0 amide bonds. The van der Waals surface area contributed by atoms with Crippen LogP contribution < -0.4 is 10.1 Å². The minimum Gasteiger partial charge on any atom is -0.495 e. The Morgan fingerprint density at radius 3 is 2.87 bits per heavy atom. The number of nitrogens with one attached hydrogen (secondary N) is 1. The first-order chi connectivity index (χ1) is 11.1. The summed E-state index contributed by atoms with van der Waals surface area (Å²) in [5, 5.41) is 4.12. The molecule has 0 bridgehead atoms. The third kappa shape index (κ3) is 3.07. The van der Waals surface area contributed by atoms with Gasteiger partial charge >= 0.3 is 0 Å². The van der Waals surface area contributed by atoms with Crippen LogP contribution in [0.3, 0.4) is 0 Å². The fourth-order valence-electron chi connectivity index (χ4n) is 2.62. The van der Waals surface area contributed by atoms with E-state index in [4.69, 9.17) is 16.3 Å². The molecule has 7 heteroatoms. The van der Waals surface area contributed by atoms with Gasteiger partial charge in [-0.15, -0.1) is 0 Å². The number of hydrogen-bond acceptors (Lipinski definition) is 4. The highest BCUT2D eigenvalue weighted by atomic mass is 35.5. The predicted octanol–water partition coefficient (Wildman–Crippen LogP) is 3.65. The Morgan fingerprint density at radius 1 is 1.30 bits per heavy atom. The number of anilines is 1. The molecule has 2 aromatic heterocycles. The van der Waals surface area contributed by atoms with E-state index >= 15 is 0 Å². The van der Waals surface area contributed by atoms with Gasteiger partial charge in [0.25, 0.3) is 0 Å². The Bertz CT molecular complexity index is 849. The van der Waals surface area contributed by atoms with Crippen LogP contribution in [0.25, 0.3) is 10.9 Å². The molecule has 0 radical (unpaired) electrons. The zero-order chi connectivity index (χ0) is 16.4. The van der Waals surface area contributed by atoms with E-state index in [0.717, 1.165) is 11.2 Å². The quantitative estimate of drug-likeness (QED) is 0.724. The maximum atomic E-state index is 14.0. The summed E-state index contributed by atoms with van der Waals surface area (Å²) in [6, 6.07) is 6.55. The molecule has 2 heterocycles. The van der Waals surface area contributed by atoms with E-state index in [2.05, 4.69) is 15.3 Å². The zero-order valence-corrected chi connectivity index (χ0v) is 13.6. The van der Waals surface area contributed by atoms with Crippen LogP contribution in [0.4, 0.5) is 10.2 Å². The van der Waals surface area contributed by atoms with Gasteiger partial charge in [0, 0.05) is 30.2 Å². The first-order valence-corrected chi connectivity index (χ1v) is 7.51. The largest absolute Gasteiger partial charge is 0.495 e. The maximum Gasteiger partial charge on any atom is 0.143 e. The Labute approximate surface area is 138 Å². The van der Waals surface area contributed by atoms with E-state index in [1.54, 1.807) is 19.2 Å². The van der Waals surface area contributed by atoms with Crippen molar-refractivity contribution in [2.24, 2.45) is 0 Å². The molecule has 5 nitrogen and oxygen atoms in total. The smallest absolute Gasteiger partial charge is 0.143 e. The van der Waals surface area contributed by atoms with Gasteiger partial charge in [0.1, 0.15) is 28.9 Å². The van der Waals surface area contributed by atoms with Gasteiger partial charge in [-0.2, -0.15) is 0 Å². The van der Waals surface area contributed by atoms with Crippen molar-refractivity contribution in [2.75, 3.05) is 19.0 Å². The van der Waals surface area contributed by atoms with Crippen LogP contribution in [-0.4, -0.2) is 28.2 Å². The Morgan fingerprint density at radius 2 is 2.13 bits per heavy atom. The summed E-state index contributed by atoms with van der Waals surface area (Å²) >= 11 is 5.83. The number of benzene rings is 1. The van der Waals surface area contributed by atoms with E-state index in [-0.39, 0.29) is 5.82 Å². The minimum absolute atomic E-state index is 0.252. The molecule has 0 unspecified atom stereocenters. The number of aryl methyl sites for hydroxylation is 1. The zero-order valence-electron chi connectivity index (χ0n) is 12.8. The van der Waals surface area contributed by atoms with Crippen molar-refractivity contribution in [2.45, 2.75) is 13.5 Å². The second kappa shape index (κ2) is 6.42. The Kier molecular flexibility index (Phi) is 4.34. The lowest BCUT2D eigenvalue weighted by Crippen LogP contribution is -2.12. The molecular weight excluding hydrogens is 319 g/mol. The number of nitrogens with zero attached hydrogens (tertiary/aromatic N) is 3. The second-order valence-electron chi connectivity index (χ2n) is 5.10. The van der Waals surface area contributed by atoms with E-state index in [9.17, 15) is 4.39 Å². The van der Waals surface area contributed by atoms with E-state index in [1.807, 2.05) is 17.6 Å². The standard InChI is InChI=1S/C16H16ClFN4O/c1-10-7-11-12(18)3-4-13(23-2)16(11)22(10)6-5-19-15-8-14(17)20-9-21-15/h3-4,7-9H,5-6H2,1-2H3,(H,19,20,21). The number of aromatic nitrogens is 3. The number of methoxy groups -OCH3 is 1. The van der Waals surface area contributed by atoms with Gasteiger partial charge < -0.3 is 14.6 Å². The number of halogens is 2. The lowest BCUT2D eigenvalue weighted by molar-refractivity contribution is 0.416. The van der Waals surface area contributed by atoms with Crippen LogP contribution in [0.5, 0.6) is 5.75 Å². The summed E-state index contributed by atoms with van der Waals surface area (Å²) < 4.78 is 21.4. The molecule has 1 aromatic carbocycles. The van der Waals surface area contributed by atoms with Gasteiger partial charge in [-0.1, -0.05) is 11.6 Å². The van der Waals surface area contributed by atoms with Gasteiger partial charge in [-0.25, -0.2) is 14.4 Å². The van der Waals surface area contributed by atoms with Crippen molar-refractivity contribution in [1.82, 2.24) is 14.5 Å². The first kappa shape index (κ1) is 15.6. The van der Waals surface area contributed by atoms with Crippen LogP contribution in [0.2, 0.25) is 5.15 Å². The SMILES string of the molecule is COc1ccc(F)c2cc(C)n(CCNc3cc(Cl)ncn3)c12. The number of rotatable bonds is 5. The van der Waals surface area contributed by atoms with Crippen molar-refractivity contribution in [3.8, 4) is 5.75 Å². The monoisotopic (exact) mass is 334 g/mol. The van der Waals surface area contributed by atoms with Gasteiger partial charge in [-0.05, 0) is 25.1 Å². The molecule has 0 aliphatic heterocycles. The van der Waals surface area contributed by atoms with Gasteiger partial charge in [-0.3, -0.25) is 0 Å². The normalized spacial score (nSPS) is 11.0. The van der Waals surface area contributed by atoms with Crippen LogP contribution in [0, 0.1) is 12.7 Å². The molecule has 3 aromatic rings. The Balaban J connectivity index is 1.85. The molecule has 0 atom stereocenters. The molecule has 0 saturated heterocycles. The molecule has 0 spiro atoms. The molecule has 3 rings (SSSR count). The number of fused-ring (bicyclic) bond motifs is 1. The summed E-state index contributed by atoms with van der Waals surface area (Å²) in [7, 11) is 1.58. The average Bonchev–Trinajstić information content (AvgIpc) is 2.86. The predicted molar refractivity (Wildman–Crippen MR) is 88.7 cm³/mol. The summed E-state index contributed by atoms with van der Waals surface area (Å²) in [5.74, 6) is 1.05. The third-order valence-electron chi connectivity index (χ3n) is 3.67. The van der Waals surface area contributed by atoms with Crippen LogP contribution in [0.1, 0.15) is 5.69 Å². The highest BCUT2D eigenvalue weighted by molar-refractivity contribution is 6.29. The second-order valence-corrected chi connectivity index (χ2v) is 5.49. The lowest BCUT2D eigenvalue weighted by atomic mass is 10.2. The van der Waals surface area contributed by atoms with Crippen molar-refractivity contribution >= 4 is 28.3 Å². The molecule has 120 valence electrons. The number of hydrogen-bond donors (Lipinski definition) is 1. The lowest BCUT2D eigenvalue weighted by Gasteiger charge is -2.12. The van der Waals surface area contributed by atoms with Crippen LogP contribution in [-0.2, 0) is 6.54 Å². The van der Waals surface area contributed by atoms with Crippen molar-refractivity contribution in [3.05, 3.63) is 47.3 Å². The molecular formula is C16H16ClFN4O. The van der Waals surface area contributed by atoms with Crippen molar-refractivity contribution in [3.63, 3.8) is 0 Å². The minimum atomic E-state index is -0.252. The summed E-state index contributed by atoms with van der Waals surface area (Å²) in [4.78, 5) is 7.93. The summed E-state index contributed by atoms with van der Waals surface area (Å²) in [6.45, 7) is 3.19. The third-order valence-corrected chi connectivity index (χ3v) is 3.88. The van der Waals surface area contributed by atoms with Crippen LogP contribution >= 0.6 is 11.6 Å².